The van der Waals surface area contributed by atoms with Crippen LogP contribution in [0.3, 0.4) is 0 Å². The number of aliphatic hydroxyl groups is 1. The van der Waals surface area contributed by atoms with E-state index in [1.807, 2.05) is 11.4 Å². The zero-order chi connectivity index (χ0) is 10.6. The molecular weight excluding hydrogens is 196 g/mol. The van der Waals surface area contributed by atoms with Crippen LogP contribution in [0.15, 0.2) is 11.4 Å². The van der Waals surface area contributed by atoms with Crippen LogP contribution in [0.25, 0.3) is 0 Å². The van der Waals surface area contributed by atoms with Gasteiger partial charge in [-0.05, 0) is 23.8 Å². The summed E-state index contributed by atoms with van der Waals surface area (Å²) in [6.45, 7) is 4.21. The summed E-state index contributed by atoms with van der Waals surface area (Å²) in [7, 11) is 1.64. The highest BCUT2D eigenvalue weighted by atomic mass is 32.1. The zero-order valence-corrected chi connectivity index (χ0v) is 9.80. The molecule has 0 aliphatic heterocycles. The molecule has 0 amide bonds. The molecule has 3 heteroatoms. The molecule has 0 aromatic carbocycles. The Morgan fingerprint density at radius 1 is 1.57 bits per heavy atom. The number of thiophene rings is 1. The van der Waals surface area contributed by atoms with Crippen LogP contribution in [0.1, 0.15) is 37.7 Å². The highest BCUT2D eigenvalue weighted by Gasteiger charge is 2.20. The molecule has 1 N–H and O–H groups in total. The summed E-state index contributed by atoms with van der Waals surface area (Å²) in [4.78, 5) is 0.952. The minimum atomic E-state index is -0.384. The van der Waals surface area contributed by atoms with Crippen molar-refractivity contribution in [2.24, 2.45) is 5.92 Å². The monoisotopic (exact) mass is 214 g/mol. The Hall–Kier alpha value is -0.540. The van der Waals surface area contributed by atoms with E-state index in [-0.39, 0.29) is 6.10 Å². The van der Waals surface area contributed by atoms with Crippen LogP contribution in [0.2, 0.25) is 0 Å². The SMILES string of the molecule is CCCC(C)C(O)c1sccc1OC. The summed E-state index contributed by atoms with van der Waals surface area (Å²) in [6.07, 6.45) is 1.76. The van der Waals surface area contributed by atoms with Crippen molar-refractivity contribution in [1.29, 1.82) is 0 Å². The van der Waals surface area contributed by atoms with Crippen molar-refractivity contribution in [3.8, 4) is 5.75 Å². The van der Waals surface area contributed by atoms with Gasteiger partial charge in [0.1, 0.15) is 5.75 Å². The first-order valence-electron chi connectivity index (χ1n) is 5.00. The molecule has 2 unspecified atom stereocenters. The van der Waals surface area contributed by atoms with Crippen LogP contribution >= 0.6 is 11.3 Å². The van der Waals surface area contributed by atoms with E-state index in [1.165, 1.54) is 0 Å². The molecule has 1 aromatic rings. The molecule has 0 spiro atoms. The third-order valence-corrected chi connectivity index (χ3v) is 3.40. The summed E-state index contributed by atoms with van der Waals surface area (Å²) in [6, 6.07) is 1.90. The summed E-state index contributed by atoms with van der Waals surface area (Å²) in [5.74, 6) is 1.11. The fraction of sp³-hybridized carbons (Fsp3) is 0.636. The Labute approximate surface area is 89.5 Å². The fourth-order valence-electron chi connectivity index (χ4n) is 1.57. The average molecular weight is 214 g/mol. The molecule has 2 atom stereocenters. The molecule has 1 aromatic heterocycles. The van der Waals surface area contributed by atoms with E-state index in [4.69, 9.17) is 4.74 Å². The van der Waals surface area contributed by atoms with Crippen LogP contribution in [0.5, 0.6) is 5.75 Å². The van der Waals surface area contributed by atoms with Gasteiger partial charge >= 0.3 is 0 Å². The zero-order valence-electron chi connectivity index (χ0n) is 8.99. The van der Waals surface area contributed by atoms with E-state index >= 15 is 0 Å². The Balaban J connectivity index is 2.72. The van der Waals surface area contributed by atoms with Gasteiger partial charge in [-0.15, -0.1) is 11.3 Å². The summed E-state index contributed by atoms with van der Waals surface area (Å²) < 4.78 is 5.19. The molecular formula is C11H18O2S. The highest BCUT2D eigenvalue weighted by molar-refractivity contribution is 7.10. The third kappa shape index (κ3) is 2.49. The van der Waals surface area contributed by atoms with Crippen LogP contribution in [-0.4, -0.2) is 12.2 Å². The number of hydrogen-bond acceptors (Lipinski definition) is 3. The molecule has 80 valence electrons. The van der Waals surface area contributed by atoms with Gasteiger partial charge in [-0.3, -0.25) is 0 Å². The number of ether oxygens (including phenoxy) is 1. The van der Waals surface area contributed by atoms with Gasteiger partial charge < -0.3 is 9.84 Å². The topological polar surface area (TPSA) is 29.5 Å². The average Bonchev–Trinajstić information content (AvgIpc) is 2.64. The number of aliphatic hydroxyl groups excluding tert-OH is 1. The molecule has 0 bridgehead atoms. The Morgan fingerprint density at radius 2 is 2.29 bits per heavy atom. The van der Waals surface area contributed by atoms with Crippen molar-refractivity contribution >= 4 is 11.3 Å². The maximum absolute atomic E-state index is 10.1. The normalized spacial score (nSPS) is 15.1. The fourth-order valence-corrected chi connectivity index (χ4v) is 2.54. The smallest absolute Gasteiger partial charge is 0.135 e. The lowest BCUT2D eigenvalue weighted by molar-refractivity contribution is 0.113. The molecule has 0 radical (unpaired) electrons. The van der Waals surface area contributed by atoms with E-state index in [2.05, 4.69) is 13.8 Å². The number of methoxy groups -OCH3 is 1. The number of hydrogen-bond donors (Lipinski definition) is 1. The van der Waals surface area contributed by atoms with Crippen LogP contribution < -0.4 is 4.74 Å². The second kappa shape index (κ2) is 5.37. The predicted octanol–water partition coefficient (Wildman–Crippen LogP) is 3.23. The first-order valence-corrected chi connectivity index (χ1v) is 5.88. The van der Waals surface area contributed by atoms with E-state index in [1.54, 1.807) is 18.4 Å². The Bertz CT molecular complexity index is 270. The van der Waals surface area contributed by atoms with Gasteiger partial charge in [0.05, 0.1) is 18.1 Å². The minimum absolute atomic E-state index is 0.299. The first kappa shape index (κ1) is 11.5. The summed E-state index contributed by atoms with van der Waals surface area (Å²) in [5.41, 5.74) is 0. The van der Waals surface area contributed by atoms with Crippen LogP contribution in [0, 0.1) is 5.92 Å². The molecule has 0 saturated carbocycles. The highest BCUT2D eigenvalue weighted by Crippen LogP contribution is 2.35. The minimum Gasteiger partial charge on any atom is -0.495 e. The van der Waals surface area contributed by atoms with Gasteiger partial charge in [-0.1, -0.05) is 20.3 Å². The quantitative estimate of drug-likeness (QED) is 0.815. The maximum Gasteiger partial charge on any atom is 0.135 e. The molecule has 1 rings (SSSR count). The second-order valence-corrected chi connectivity index (χ2v) is 4.51. The molecule has 0 fully saturated rings. The van der Waals surface area contributed by atoms with Crippen LogP contribution in [0.4, 0.5) is 0 Å². The van der Waals surface area contributed by atoms with E-state index in [9.17, 15) is 5.11 Å². The van der Waals surface area contributed by atoms with Gasteiger partial charge in [0.25, 0.3) is 0 Å². The van der Waals surface area contributed by atoms with Crippen molar-refractivity contribution in [1.82, 2.24) is 0 Å². The Morgan fingerprint density at radius 3 is 2.86 bits per heavy atom. The Kier molecular flexibility index (Phi) is 4.42. The lowest BCUT2D eigenvalue weighted by Crippen LogP contribution is -2.08. The number of rotatable bonds is 5. The van der Waals surface area contributed by atoms with E-state index < -0.39 is 0 Å². The molecule has 0 saturated heterocycles. The van der Waals surface area contributed by atoms with Crippen molar-refractivity contribution in [2.45, 2.75) is 32.8 Å². The molecule has 2 nitrogen and oxygen atoms in total. The van der Waals surface area contributed by atoms with Gasteiger partial charge in [-0.2, -0.15) is 0 Å². The lowest BCUT2D eigenvalue weighted by atomic mass is 9.98. The van der Waals surface area contributed by atoms with Gasteiger partial charge in [-0.25, -0.2) is 0 Å². The van der Waals surface area contributed by atoms with Gasteiger partial charge in [0.15, 0.2) is 0 Å². The van der Waals surface area contributed by atoms with Gasteiger partial charge in [0, 0.05) is 0 Å². The second-order valence-electron chi connectivity index (χ2n) is 3.56. The van der Waals surface area contributed by atoms with Crippen LogP contribution in [-0.2, 0) is 0 Å². The largest absolute Gasteiger partial charge is 0.495 e. The van der Waals surface area contributed by atoms with Crippen molar-refractivity contribution in [3.63, 3.8) is 0 Å². The van der Waals surface area contributed by atoms with Crippen molar-refractivity contribution in [3.05, 3.63) is 16.3 Å². The summed E-state index contributed by atoms with van der Waals surface area (Å²) >= 11 is 1.56. The molecule has 0 aliphatic carbocycles. The third-order valence-electron chi connectivity index (χ3n) is 2.43. The van der Waals surface area contributed by atoms with Crippen molar-refractivity contribution < 1.29 is 9.84 Å². The van der Waals surface area contributed by atoms with E-state index in [0.717, 1.165) is 23.5 Å². The standard InChI is InChI=1S/C11H18O2S/c1-4-5-8(2)10(12)11-9(13-3)6-7-14-11/h6-8,10,12H,4-5H2,1-3H3. The van der Waals surface area contributed by atoms with Crippen molar-refractivity contribution in [2.75, 3.05) is 7.11 Å². The van der Waals surface area contributed by atoms with E-state index in [0.29, 0.717) is 5.92 Å². The maximum atomic E-state index is 10.1. The molecule has 14 heavy (non-hydrogen) atoms. The molecule has 0 aliphatic rings. The van der Waals surface area contributed by atoms with Gasteiger partial charge in [0.2, 0.25) is 0 Å². The lowest BCUT2D eigenvalue weighted by Gasteiger charge is -2.17. The molecule has 1 heterocycles. The predicted molar refractivity (Wildman–Crippen MR) is 59.9 cm³/mol. The summed E-state index contributed by atoms with van der Waals surface area (Å²) in [5, 5.41) is 12.0. The first-order chi connectivity index (χ1) is 6.70.